The van der Waals surface area contributed by atoms with Crippen LogP contribution in [0.3, 0.4) is 0 Å². The summed E-state index contributed by atoms with van der Waals surface area (Å²) < 4.78 is 43.2. The van der Waals surface area contributed by atoms with Gasteiger partial charge in [0.15, 0.2) is 0 Å². The van der Waals surface area contributed by atoms with Crippen molar-refractivity contribution in [2.45, 2.75) is 51.1 Å². The Morgan fingerprint density at radius 1 is 1.25 bits per heavy atom. The van der Waals surface area contributed by atoms with Crippen LogP contribution in [0.4, 0.5) is 18.9 Å². The third-order valence-electron chi connectivity index (χ3n) is 6.36. The van der Waals surface area contributed by atoms with Gasteiger partial charge in [0.25, 0.3) is 17.6 Å². The largest absolute Gasteiger partial charge is 0.573 e. The van der Waals surface area contributed by atoms with Crippen LogP contribution in [0.25, 0.3) is 0 Å². The number of carbonyl (C=O) groups is 3. The predicted octanol–water partition coefficient (Wildman–Crippen LogP) is 1.27. The van der Waals surface area contributed by atoms with Crippen LogP contribution >= 0.6 is 0 Å². The van der Waals surface area contributed by atoms with Gasteiger partial charge in [-0.2, -0.15) is 0 Å². The lowest BCUT2D eigenvalue weighted by atomic mass is 10.0. The molecule has 0 unspecified atom stereocenters. The molecule has 1 aliphatic heterocycles. The maximum atomic E-state index is 13.2. The fraction of sp³-hybridized carbons (Fsp3) is 0.348. The molecular formula is C23H26F3N6O4+. The summed E-state index contributed by atoms with van der Waals surface area (Å²) in [7, 11) is 0. The van der Waals surface area contributed by atoms with E-state index < -0.39 is 35.2 Å². The molecule has 1 aromatic carbocycles. The van der Waals surface area contributed by atoms with Gasteiger partial charge in [-0.05, 0) is 50.3 Å². The van der Waals surface area contributed by atoms with Gasteiger partial charge in [-0.1, -0.05) is 6.07 Å². The molecule has 2 amide bonds. The molecule has 1 aliphatic carbocycles. The standard InChI is InChI=1S/C23H25F3N6O4/c1-12-17(19(33)21(35)30-22(7-8-22)16(11-27)31-28)15-6-3-9-32(15)18(12)20(34)29-13-4-2-5-14(10-13)36-23(24,25)26/h2,4-5,10-11,31H,3,6-9,27-28H2,1H3,(H,29,34)(H,30,35)/p+1. The van der Waals surface area contributed by atoms with Gasteiger partial charge in [0.1, 0.15) is 23.3 Å². The van der Waals surface area contributed by atoms with E-state index in [9.17, 15) is 27.6 Å². The molecule has 0 bridgehead atoms. The van der Waals surface area contributed by atoms with Crippen LogP contribution in [0.2, 0.25) is 0 Å². The fourth-order valence-electron chi connectivity index (χ4n) is 4.64. The molecule has 1 fully saturated rings. The number of hydrogen-bond acceptors (Lipinski definition) is 6. The number of halogens is 3. The molecule has 2 aliphatic rings. The fourth-order valence-corrected chi connectivity index (χ4v) is 4.64. The number of rotatable bonds is 8. The van der Waals surface area contributed by atoms with Crippen molar-refractivity contribution in [1.29, 1.82) is 0 Å². The summed E-state index contributed by atoms with van der Waals surface area (Å²) in [5, 5.41) is 5.29. The van der Waals surface area contributed by atoms with Gasteiger partial charge < -0.3 is 31.1 Å². The second kappa shape index (κ2) is 9.32. The number of ether oxygens (including phenoxy) is 1. The average molecular weight is 507 g/mol. The number of carbonyl (C=O) groups excluding carboxylic acids is 3. The number of nitrogens with zero attached hydrogens (tertiary/aromatic N) is 1. The molecule has 2 heterocycles. The van der Waals surface area contributed by atoms with E-state index in [0.29, 0.717) is 49.2 Å². The van der Waals surface area contributed by atoms with Crippen molar-refractivity contribution in [3.05, 3.63) is 58.7 Å². The topological polar surface area (TPSA) is 155 Å². The van der Waals surface area contributed by atoms with E-state index in [0.717, 1.165) is 12.1 Å². The maximum absolute atomic E-state index is 13.2. The summed E-state index contributed by atoms with van der Waals surface area (Å²) in [6.07, 6.45) is -1.04. The van der Waals surface area contributed by atoms with Crippen LogP contribution in [0, 0.1) is 6.92 Å². The second-order valence-electron chi connectivity index (χ2n) is 8.71. The van der Waals surface area contributed by atoms with Gasteiger partial charge in [-0.3, -0.25) is 20.2 Å². The van der Waals surface area contributed by atoms with Crippen molar-refractivity contribution in [3.63, 3.8) is 0 Å². The lowest BCUT2D eigenvalue weighted by Gasteiger charge is -2.18. The molecular weight excluding hydrogens is 481 g/mol. The summed E-state index contributed by atoms with van der Waals surface area (Å²) in [5.41, 5.74) is 7.18. The van der Waals surface area contributed by atoms with Crippen LogP contribution in [-0.4, -0.2) is 34.1 Å². The molecule has 192 valence electrons. The smallest absolute Gasteiger partial charge is 0.406 e. The van der Waals surface area contributed by atoms with Crippen molar-refractivity contribution in [2.75, 3.05) is 5.32 Å². The van der Waals surface area contributed by atoms with E-state index in [2.05, 4.69) is 26.5 Å². The highest BCUT2D eigenvalue weighted by Crippen LogP contribution is 2.40. The Labute approximate surface area is 203 Å². The molecule has 8 N–H and O–H groups in total. The lowest BCUT2D eigenvalue weighted by molar-refractivity contribution is -0.277. The van der Waals surface area contributed by atoms with Gasteiger partial charge in [-0.15, -0.1) is 13.2 Å². The number of ketones is 1. The Hall–Kier alpha value is -3.84. The Bertz CT molecular complexity index is 1260. The SMILES string of the molecule is Cc1c(C(=O)C(=O)NC2(C(=C[NH3+])NN)CC2)c2n(c1C(=O)Nc1cccc(OC(F)(F)F)c1)CCC2. The average Bonchev–Trinajstić information content (AvgIpc) is 3.30. The minimum atomic E-state index is -4.87. The number of amides is 2. The van der Waals surface area contributed by atoms with Gasteiger partial charge in [0.05, 0.1) is 11.1 Å². The molecule has 10 nitrogen and oxygen atoms in total. The molecule has 1 saturated carbocycles. The lowest BCUT2D eigenvalue weighted by Crippen LogP contribution is -2.51. The van der Waals surface area contributed by atoms with E-state index in [1.165, 1.54) is 18.3 Å². The molecule has 1 aromatic heterocycles. The summed E-state index contributed by atoms with van der Waals surface area (Å²) in [6.45, 7) is 2.03. The zero-order chi connectivity index (χ0) is 26.3. The van der Waals surface area contributed by atoms with Crippen molar-refractivity contribution >= 4 is 23.3 Å². The van der Waals surface area contributed by atoms with Gasteiger partial charge in [0.2, 0.25) is 0 Å². The van der Waals surface area contributed by atoms with Crippen molar-refractivity contribution in [1.82, 2.24) is 15.3 Å². The van der Waals surface area contributed by atoms with Crippen LogP contribution < -0.4 is 32.4 Å². The van der Waals surface area contributed by atoms with Crippen LogP contribution in [0.1, 0.15) is 51.4 Å². The highest BCUT2D eigenvalue weighted by molar-refractivity contribution is 6.44. The third-order valence-corrected chi connectivity index (χ3v) is 6.36. The summed E-state index contributed by atoms with van der Waals surface area (Å²) in [4.78, 5) is 39.3. The highest BCUT2D eigenvalue weighted by atomic mass is 19.4. The quantitative estimate of drug-likeness (QED) is 0.157. The minimum Gasteiger partial charge on any atom is -0.406 e. The number of quaternary nitrogens is 1. The summed E-state index contributed by atoms with van der Waals surface area (Å²) >= 11 is 0. The van der Waals surface area contributed by atoms with Crippen LogP contribution in [0.15, 0.2) is 36.2 Å². The molecule has 2 aromatic rings. The normalized spacial score (nSPS) is 16.2. The second-order valence-corrected chi connectivity index (χ2v) is 8.71. The van der Waals surface area contributed by atoms with Gasteiger partial charge >= 0.3 is 6.36 Å². The number of hydrogen-bond donors (Lipinski definition) is 5. The first-order valence-electron chi connectivity index (χ1n) is 11.2. The van der Waals surface area contributed by atoms with E-state index in [4.69, 9.17) is 5.84 Å². The van der Waals surface area contributed by atoms with E-state index >= 15 is 0 Å². The number of aromatic nitrogens is 1. The Morgan fingerprint density at radius 2 is 1.97 bits per heavy atom. The Morgan fingerprint density at radius 3 is 2.58 bits per heavy atom. The van der Waals surface area contributed by atoms with E-state index in [-0.39, 0.29) is 16.9 Å². The predicted molar refractivity (Wildman–Crippen MR) is 121 cm³/mol. The van der Waals surface area contributed by atoms with E-state index in [1.54, 1.807) is 11.5 Å². The summed E-state index contributed by atoms with van der Waals surface area (Å²) in [5.74, 6) is 2.80. The minimum absolute atomic E-state index is 0.0813. The molecule has 13 heteroatoms. The first kappa shape index (κ1) is 25.3. The number of Topliss-reactive ketones (excluding diaryl/α,β-unsaturated/α-hetero) is 1. The molecule has 0 radical (unpaired) electrons. The van der Waals surface area contributed by atoms with Gasteiger partial charge in [-0.25, -0.2) is 0 Å². The number of hydrazine groups is 1. The van der Waals surface area contributed by atoms with Crippen LogP contribution in [0.5, 0.6) is 5.75 Å². The van der Waals surface area contributed by atoms with E-state index in [1.807, 2.05) is 0 Å². The molecule has 0 atom stereocenters. The van der Waals surface area contributed by atoms with Crippen molar-refractivity contribution < 1.29 is 38.0 Å². The number of fused-ring (bicyclic) bond motifs is 1. The van der Waals surface area contributed by atoms with Crippen molar-refractivity contribution in [3.8, 4) is 5.75 Å². The van der Waals surface area contributed by atoms with Crippen molar-refractivity contribution in [2.24, 2.45) is 5.84 Å². The highest BCUT2D eigenvalue weighted by Gasteiger charge is 2.49. The van der Waals surface area contributed by atoms with Gasteiger partial charge in [0, 0.05) is 24.0 Å². The zero-order valence-electron chi connectivity index (χ0n) is 19.4. The molecule has 0 spiro atoms. The maximum Gasteiger partial charge on any atom is 0.573 e. The van der Waals surface area contributed by atoms with Crippen LogP contribution in [-0.2, 0) is 17.8 Å². The first-order valence-corrected chi connectivity index (χ1v) is 11.2. The number of benzene rings is 1. The molecule has 0 saturated heterocycles. The number of alkyl halides is 3. The number of anilines is 1. The number of nitrogens with one attached hydrogen (secondary N) is 3. The molecule has 36 heavy (non-hydrogen) atoms. The molecule has 4 rings (SSSR count). The first-order chi connectivity index (χ1) is 17.0. The summed E-state index contributed by atoms with van der Waals surface area (Å²) in [6, 6.07) is 4.88. The Balaban J connectivity index is 1.59. The third kappa shape index (κ3) is 4.79. The number of nitrogens with two attached hydrogens (primary N) is 1. The Kier molecular flexibility index (Phi) is 6.54. The monoisotopic (exact) mass is 507 g/mol. The zero-order valence-corrected chi connectivity index (χ0v) is 19.4.